The van der Waals surface area contributed by atoms with Gasteiger partial charge in [-0.15, -0.1) is 0 Å². The standard InChI is InChI=1S/C19H34N2O4/c22-18(25-16-10-5-2-6-11-16)14-17(19(23)24)21-13-7-12-20-15-8-3-1-4-9-15/h15-17,20-21H,1-14H2,(H,23,24)/t17-/m0/s1. The summed E-state index contributed by atoms with van der Waals surface area (Å²) in [4.78, 5) is 23.3. The lowest BCUT2D eigenvalue weighted by atomic mass is 9.95. The number of carbonyl (C=O) groups is 2. The molecular weight excluding hydrogens is 320 g/mol. The monoisotopic (exact) mass is 354 g/mol. The van der Waals surface area contributed by atoms with Crippen molar-refractivity contribution in [2.75, 3.05) is 13.1 Å². The molecule has 0 saturated heterocycles. The number of esters is 1. The van der Waals surface area contributed by atoms with Crippen LogP contribution < -0.4 is 10.6 Å². The number of ether oxygens (including phenoxy) is 1. The lowest BCUT2D eigenvalue weighted by Gasteiger charge is -2.23. The number of hydrogen-bond acceptors (Lipinski definition) is 5. The Morgan fingerprint density at radius 1 is 0.960 bits per heavy atom. The molecule has 25 heavy (non-hydrogen) atoms. The number of carboxylic acids is 1. The summed E-state index contributed by atoms with van der Waals surface area (Å²) in [5.41, 5.74) is 0. The third-order valence-corrected chi connectivity index (χ3v) is 5.30. The molecule has 6 heteroatoms. The minimum Gasteiger partial charge on any atom is -0.480 e. The molecular formula is C19H34N2O4. The van der Waals surface area contributed by atoms with Gasteiger partial charge in [0.25, 0.3) is 0 Å². The quantitative estimate of drug-likeness (QED) is 0.413. The van der Waals surface area contributed by atoms with E-state index in [1.54, 1.807) is 0 Å². The van der Waals surface area contributed by atoms with Gasteiger partial charge in [-0.25, -0.2) is 0 Å². The molecule has 0 spiro atoms. The first-order chi connectivity index (χ1) is 12.1. The van der Waals surface area contributed by atoms with Gasteiger partial charge in [0.2, 0.25) is 0 Å². The Bertz CT molecular complexity index is 404. The van der Waals surface area contributed by atoms with E-state index in [9.17, 15) is 14.7 Å². The maximum absolute atomic E-state index is 12.0. The van der Waals surface area contributed by atoms with E-state index in [-0.39, 0.29) is 12.5 Å². The summed E-state index contributed by atoms with van der Waals surface area (Å²) in [7, 11) is 0. The van der Waals surface area contributed by atoms with E-state index in [1.807, 2.05) is 0 Å². The summed E-state index contributed by atoms with van der Waals surface area (Å²) in [5.74, 6) is -1.38. The van der Waals surface area contributed by atoms with Crippen LogP contribution in [0, 0.1) is 0 Å². The van der Waals surface area contributed by atoms with Gasteiger partial charge in [0, 0.05) is 6.04 Å². The molecule has 144 valence electrons. The number of aliphatic carboxylic acids is 1. The zero-order valence-electron chi connectivity index (χ0n) is 15.3. The van der Waals surface area contributed by atoms with Crippen molar-refractivity contribution in [3.05, 3.63) is 0 Å². The molecule has 2 aliphatic carbocycles. The van der Waals surface area contributed by atoms with Crippen molar-refractivity contribution in [1.82, 2.24) is 10.6 Å². The smallest absolute Gasteiger partial charge is 0.321 e. The highest BCUT2D eigenvalue weighted by Gasteiger charge is 2.24. The molecule has 0 aliphatic heterocycles. The van der Waals surface area contributed by atoms with Crippen molar-refractivity contribution in [2.24, 2.45) is 0 Å². The van der Waals surface area contributed by atoms with Crippen LogP contribution in [0.4, 0.5) is 0 Å². The van der Waals surface area contributed by atoms with E-state index in [0.29, 0.717) is 12.6 Å². The molecule has 2 rings (SSSR count). The second-order valence-electron chi connectivity index (χ2n) is 7.44. The van der Waals surface area contributed by atoms with Crippen LogP contribution in [0.5, 0.6) is 0 Å². The van der Waals surface area contributed by atoms with Crippen LogP contribution in [-0.4, -0.2) is 48.3 Å². The van der Waals surface area contributed by atoms with E-state index < -0.39 is 18.0 Å². The average Bonchev–Trinajstić information content (AvgIpc) is 2.62. The molecule has 6 nitrogen and oxygen atoms in total. The van der Waals surface area contributed by atoms with Gasteiger partial charge >= 0.3 is 11.9 Å². The molecule has 0 bridgehead atoms. The Kier molecular flexibility index (Phi) is 9.26. The summed E-state index contributed by atoms with van der Waals surface area (Å²) in [6.45, 7) is 1.48. The fourth-order valence-corrected chi connectivity index (χ4v) is 3.81. The molecule has 3 N–H and O–H groups in total. The van der Waals surface area contributed by atoms with Crippen LogP contribution in [0.1, 0.15) is 77.0 Å². The number of carbonyl (C=O) groups excluding carboxylic acids is 1. The van der Waals surface area contributed by atoms with Gasteiger partial charge in [-0.05, 0) is 58.0 Å². The number of carboxylic acid groups (broad SMARTS) is 1. The minimum absolute atomic E-state index is 0.0182. The Morgan fingerprint density at radius 3 is 2.24 bits per heavy atom. The minimum atomic E-state index is -0.985. The fraction of sp³-hybridized carbons (Fsp3) is 0.895. The molecule has 2 aliphatic rings. The molecule has 1 atom stereocenters. The maximum atomic E-state index is 12.0. The van der Waals surface area contributed by atoms with E-state index >= 15 is 0 Å². The normalized spacial score (nSPS) is 21.0. The van der Waals surface area contributed by atoms with Crippen LogP contribution in [0.15, 0.2) is 0 Å². The van der Waals surface area contributed by atoms with Crippen molar-refractivity contribution >= 4 is 11.9 Å². The third kappa shape index (κ3) is 8.19. The van der Waals surface area contributed by atoms with Gasteiger partial charge in [0.05, 0.1) is 6.42 Å². The van der Waals surface area contributed by atoms with Crippen molar-refractivity contribution < 1.29 is 19.4 Å². The third-order valence-electron chi connectivity index (χ3n) is 5.30. The van der Waals surface area contributed by atoms with Gasteiger partial charge in [-0.3, -0.25) is 9.59 Å². The van der Waals surface area contributed by atoms with Crippen molar-refractivity contribution in [3.8, 4) is 0 Å². The Morgan fingerprint density at radius 2 is 1.60 bits per heavy atom. The van der Waals surface area contributed by atoms with E-state index in [4.69, 9.17) is 4.74 Å². The van der Waals surface area contributed by atoms with Crippen molar-refractivity contribution in [3.63, 3.8) is 0 Å². The molecule has 0 unspecified atom stereocenters. The highest BCUT2D eigenvalue weighted by atomic mass is 16.5. The van der Waals surface area contributed by atoms with E-state index in [0.717, 1.165) is 38.6 Å². The summed E-state index contributed by atoms with van der Waals surface area (Å²) >= 11 is 0. The molecule has 0 radical (unpaired) electrons. The summed E-state index contributed by atoms with van der Waals surface area (Å²) in [5, 5.41) is 15.8. The highest BCUT2D eigenvalue weighted by Crippen LogP contribution is 2.21. The number of rotatable bonds is 10. The average molecular weight is 354 g/mol. The molecule has 2 fully saturated rings. The molecule has 2 saturated carbocycles. The van der Waals surface area contributed by atoms with Crippen LogP contribution in [-0.2, 0) is 14.3 Å². The first-order valence-electron chi connectivity index (χ1n) is 10.0. The second kappa shape index (κ2) is 11.5. The molecule has 0 aromatic heterocycles. The lowest BCUT2D eigenvalue weighted by molar-refractivity contribution is -0.154. The van der Waals surface area contributed by atoms with Gasteiger partial charge in [0.15, 0.2) is 0 Å². The van der Waals surface area contributed by atoms with Crippen LogP contribution in [0.3, 0.4) is 0 Å². The number of nitrogens with one attached hydrogen (secondary N) is 2. The predicted octanol–water partition coefficient (Wildman–Crippen LogP) is 2.61. The van der Waals surface area contributed by atoms with E-state index in [2.05, 4.69) is 10.6 Å². The Hall–Kier alpha value is -1.14. The molecule has 0 amide bonds. The molecule has 0 aromatic rings. The fourth-order valence-electron chi connectivity index (χ4n) is 3.81. The first-order valence-corrected chi connectivity index (χ1v) is 10.0. The van der Waals surface area contributed by atoms with Crippen molar-refractivity contribution in [2.45, 2.75) is 95.2 Å². The SMILES string of the molecule is O=C(C[C@H](NCCCNC1CCCCC1)C(=O)O)OC1CCCCC1. The predicted molar refractivity (Wildman–Crippen MR) is 96.5 cm³/mol. The van der Waals surface area contributed by atoms with E-state index in [1.165, 1.54) is 38.5 Å². The highest BCUT2D eigenvalue weighted by molar-refractivity contribution is 5.81. The first kappa shape index (κ1) is 20.2. The summed E-state index contributed by atoms with van der Waals surface area (Å²) < 4.78 is 5.42. The van der Waals surface area contributed by atoms with Gasteiger partial charge < -0.3 is 20.5 Å². The second-order valence-corrected chi connectivity index (χ2v) is 7.44. The van der Waals surface area contributed by atoms with Gasteiger partial charge in [-0.2, -0.15) is 0 Å². The van der Waals surface area contributed by atoms with Crippen LogP contribution >= 0.6 is 0 Å². The van der Waals surface area contributed by atoms with Crippen LogP contribution in [0.2, 0.25) is 0 Å². The van der Waals surface area contributed by atoms with Gasteiger partial charge in [-0.1, -0.05) is 25.7 Å². The number of hydrogen-bond donors (Lipinski definition) is 3. The maximum Gasteiger partial charge on any atom is 0.321 e. The molecule has 0 aromatic carbocycles. The largest absolute Gasteiger partial charge is 0.480 e. The van der Waals surface area contributed by atoms with Crippen LogP contribution in [0.25, 0.3) is 0 Å². The Labute approximate surface area is 151 Å². The Balaban J connectivity index is 1.58. The topological polar surface area (TPSA) is 87.7 Å². The summed E-state index contributed by atoms with van der Waals surface area (Å²) in [6.07, 6.45) is 12.4. The van der Waals surface area contributed by atoms with Crippen molar-refractivity contribution in [1.29, 1.82) is 0 Å². The lowest BCUT2D eigenvalue weighted by Crippen LogP contribution is -2.41. The molecule has 0 heterocycles. The zero-order valence-corrected chi connectivity index (χ0v) is 15.3. The summed E-state index contributed by atoms with van der Waals surface area (Å²) in [6, 6.07) is -0.236. The van der Waals surface area contributed by atoms with Gasteiger partial charge in [0.1, 0.15) is 12.1 Å². The zero-order chi connectivity index (χ0) is 17.9.